The second-order valence-corrected chi connectivity index (χ2v) is 10.0. The molecule has 1 aromatic carbocycles. The first-order valence-corrected chi connectivity index (χ1v) is 14.8. The first kappa shape index (κ1) is 30.8. The molecule has 198 valence electrons. The van der Waals surface area contributed by atoms with Gasteiger partial charge < -0.3 is 14.6 Å². The molecule has 0 aliphatic heterocycles. The van der Waals surface area contributed by atoms with Crippen LogP contribution in [0.2, 0.25) is 0 Å². The number of aliphatic hydroxyl groups excluding tert-OH is 1. The molecule has 34 heavy (non-hydrogen) atoms. The number of hydrogen-bond donors (Lipinski definition) is 1. The first-order chi connectivity index (χ1) is 16.8. The van der Waals surface area contributed by atoms with E-state index in [9.17, 15) is 5.11 Å². The van der Waals surface area contributed by atoms with Crippen LogP contribution in [0.4, 0.5) is 0 Å². The van der Waals surface area contributed by atoms with Gasteiger partial charge in [0, 0.05) is 0 Å². The fraction of sp³-hybridized carbons (Fsp3) is 0.806. The maximum atomic E-state index is 9.49. The van der Waals surface area contributed by atoms with Crippen molar-refractivity contribution in [3.8, 4) is 11.5 Å². The van der Waals surface area contributed by atoms with Crippen LogP contribution in [0.25, 0.3) is 0 Å². The molecule has 0 unspecified atom stereocenters. The molecule has 0 fully saturated rings. The van der Waals surface area contributed by atoms with Gasteiger partial charge in [-0.05, 0) is 30.5 Å². The average molecular weight is 477 g/mol. The fourth-order valence-corrected chi connectivity index (χ4v) is 4.43. The molecule has 0 atom stereocenters. The van der Waals surface area contributed by atoms with Crippen LogP contribution < -0.4 is 9.47 Å². The molecule has 0 radical (unpaired) electrons. The van der Waals surface area contributed by atoms with Crippen LogP contribution in [0.15, 0.2) is 18.2 Å². The minimum Gasteiger partial charge on any atom is -0.490 e. The zero-order valence-electron chi connectivity index (χ0n) is 22.8. The summed E-state index contributed by atoms with van der Waals surface area (Å²) in [6.07, 6.45) is 26.5. The zero-order chi connectivity index (χ0) is 24.5. The predicted octanol–water partition coefficient (Wildman–Crippen LogP) is 9.78. The summed E-state index contributed by atoms with van der Waals surface area (Å²) in [6.45, 7) is 6.05. The Labute approximate surface area is 212 Å². The number of benzene rings is 1. The topological polar surface area (TPSA) is 38.7 Å². The van der Waals surface area contributed by atoms with Crippen molar-refractivity contribution in [3.63, 3.8) is 0 Å². The molecule has 0 amide bonds. The highest BCUT2D eigenvalue weighted by Crippen LogP contribution is 2.29. The van der Waals surface area contributed by atoms with Crippen LogP contribution in [0, 0.1) is 0 Å². The monoisotopic (exact) mass is 476 g/mol. The summed E-state index contributed by atoms with van der Waals surface area (Å²) in [4.78, 5) is 0. The van der Waals surface area contributed by atoms with E-state index in [0.29, 0.717) is 0 Å². The Bertz CT molecular complexity index is 558. The molecule has 1 N–H and O–H groups in total. The van der Waals surface area contributed by atoms with Crippen LogP contribution in [0.5, 0.6) is 11.5 Å². The third-order valence-corrected chi connectivity index (χ3v) is 6.70. The molecule has 1 aromatic rings. The van der Waals surface area contributed by atoms with E-state index in [1.54, 1.807) is 0 Å². The van der Waals surface area contributed by atoms with Gasteiger partial charge in [-0.1, -0.05) is 135 Å². The van der Waals surface area contributed by atoms with Gasteiger partial charge in [-0.2, -0.15) is 0 Å². The highest BCUT2D eigenvalue weighted by atomic mass is 16.5. The second-order valence-electron chi connectivity index (χ2n) is 10.0. The smallest absolute Gasteiger partial charge is 0.161 e. The summed E-state index contributed by atoms with van der Waals surface area (Å²) >= 11 is 0. The van der Waals surface area contributed by atoms with Crippen molar-refractivity contribution in [2.24, 2.45) is 0 Å². The van der Waals surface area contributed by atoms with E-state index in [-0.39, 0.29) is 6.61 Å². The Kier molecular flexibility index (Phi) is 21.3. The molecule has 0 aliphatic carbocycles. The summed E-state index contributed by atoms with van der Waals surface area (Å²) in [6, 6.07) is 5.82. The number of hydrogen-bond acceptors (Lipinski definition) is 3. The molecule has 0 heterocycles. The number of unbranched alkanes of at least 4 members (excludes halogenated alkanes) is 18. The van der Waals surface area contributed by atoms with Crippen molar-refractivity contribution in [3.05, 3.63) is 23.8 Å². The Morgan fingerprint density at radius 3 is 1.29 bits per heavy atom. The van der Waals surface area contributed by atoms with Gasteiger partial charge in [-0.3, -0.25) is 0 Å². The maximum Gasteiger partial charge on any atom is 0.161 e. The summed E-state index contributed by atoms with van der Waals surface area (Å²) < 4.78 is 12.1. The van der Waals surface area contributed by atoms with Gasteiger partial charge in [-0.25, -0.2) is 0 Å². The third-order valence-electron chi connectivity index (χ3n) is 6.70. The lowest BCUT2D eigenvalue weighted by atomic mass is 10.1. The van der Waals surface area contributed by atoms with Gasteiger partial charge in [0.25, 0.3) is 0 Å². The molecule has 1 rings (SSSR count). The molecule has 0 saturated carbocycles. The van der Waals surface area contributed by atoms with E-state index in [0.717, 1.165) is 43.1 Å². The highest BCUT2D eigenvalue weighted by Gasteiger charge is 2.07. The van der Waals surface area contributed by atoms with Gasteiger partial charge in [0.2, 0.25) is 0 Å². The molecule has 0 bridgehead atoms. The number of aliphatic hydroxyl groups is 1. The van der Waals surface area contributed by atoms with Gasteiger partial charge >= 0.3 is 0 Å². The van der Waals surface area contributed by atoms with Crippen LogP contribution >= 0.6 is 0 Å². The number of rotatable bonds is 25. The highest BCUT2D eigenvalue weighted by molar-refractivity contribution is 5.42. The van der Waals surface area contributed by atoms with Gasteiger partial charge in [-0.15, -0.1) is 0 Å². The molecule has 3 heteroatoms. The van der Waals surface area contributed by atoms with Crippen molar-refractivity contribution in [1.29, 1.82) is 0 Å². The SMILES string of the molecule is CCCCCCCCCCCCOc1ccc(CO)cc1OCCCCCCCCCCCC. The molecule has 0 aliphatic rings. The van der Waals surface area contributed by atoms with Crippen molar-refractivity contribution in [2.75, 3.05) is 13.2 Å². The molecule has 0 saturated heterocycles. The van der Waals surface area contributed by atoms with Crippen LogP contribution in [-0.4, -0.2) is 18.3 Å². The summed E-state index contributed by atoms with van der Waals surface area (Å²) in [7, 11) is 0. The Morgan fingerprint density at radius 2 is 0.882 bits per heavy atom. The normalized spacial score (nSPS) is 11.1. The lowest BCUT2D eigenvalue weighted by molar-refractivity contribution is 0.254. The third kappa shape index (κ3) is 17.2. The second kappa shape index (κ2) is 23.5. The van der Waals surface area contributed by atoms with E-state index >= 15 is 0 Å². The average Bonchev–Trinajstić information content (AvgIpc) is 2.86. The summed E-state index contributed by atoms with van der Waals surface area (Å²) in [5.41, 5.74) is 0.879. The molecule has 0 spiro atoms. The van der Waals surface area contributed by atoms with Crippen molar-refractivity contribution in [2.45, 2.75) is 149 Å². The van der Waals surface area contributed by atoms with E-state index < -0.39 is 0 Å². The van der Waals surface area contributed by atoms with E-state index in [1.807, 2.05) is 18.2 Å². The number of ether oxygens (including phenoxy) is 2. The molecule has 0 aromatic heterocycles. The minimum atomic E-state index is 0.0351. The van der Waals surface area contributed by atoms with Crippen LogP contribution in [0.3, 0.4) is 0 Å². The van der Waals surface area contributed by atoms with Crippen LogP contribution in [0.1, 0.15) is 148 Å². The Balaban J connectivity index is 2.14. The Hall–Kier alpha value is -1.22. The van der Waals surface area contributed by atoms with Crippen LogP contribution in [-0.2, 0) is 6.61 Å². The molecule has 3 nitrogen and oxygen atoms in total. The fourth-order valence-electron chi connectivity index (χ4n) is 4.43. The van der Waals surface area contributed by atoms with Gasteiger partial charge in [0.05, 0.1) is 19.8 Å². The molecular formula is C31H56O3. The first-order valence-electron chi connectivity index (χ1n) is 14.8. The van der Waals surface area contributed by atoms with Crippen molar-refractivity contribution in [1.82, 2.24) is 0 Å². The van der Waals surface area contributed by atoms with Gasteiger partial charge in [0.1, 0.15) is 0 Å². The van der Waals surface area contributed by atoms with E-state index in [4.69, 9.17) is 9.47 Å². The van der Waals surface area contributed by atoms with Crippen molar-refractivity contribution < 1.29 is 14.6 Å². The zero-order valence-corrected chi connectivity index (χ0v) is 22.8. The maximum absolute atomic E-state index is 9.49. The quantitative estimate of drug-likeness (QED) is 0.143. The lowest BCUT2D eigenvalue weighted by Gasteiger charge is -2.14. The standard InChI is InChI=1S/C31H56O3/c1-3-5-7-9-11-13-15-17-19-21-25-33-30-24-23-29(28-32)27-31(30)34-26-22-20-18-16-14-12-10-8-6-4-2/h23-24,27,32H,3-22,25-26,28H2,1-2H3. The minimum absolute atomic E-state index is 0.0351. The Morgan fingerprint density at radius 1 is 0.500 bits per heavy atom. The van der Waals surface area contributed by atoms with E-state index in [2.05, 4.69) is 13.8 Å². The summed E-state index contributed by atoms with van der Waals surface area (Å²) in [5, 5.41) is 9.49. The summed E-state index contributed by atoms with van der Waals surface area (Å²) in [5.74, 6) is 1.61. The van der Waals surface area contributed by atoms with E-state index in [1.165, 1.54) is 116 Å². The van der Waals surface area contributed by atoms with Crippen molar-refractivity contribution >= 4 is 0 Å². The molecular weight excluding hydrogens is 420 g/mol. The lowest BCUT2D eigenvalue weighted by Crippen LogP contribution is -2.03. The largest absolute Gasteiger partial charge is 0.490 e. The predicted molar refractivity (Wildman–Crippen MR) is 147 cm³/mol. The van der Waals surface area contributed by atoms with Gasteiger partial charge in [0.15, 0.2) is 11.5 Å².